The zero-order valence-electron chi connectivity index (χ0n) is 5.53. The molecule has 1 heterocycles. The topological polar surface area (TPSA) is 41.8 Å². The van der Waals surface area contributed by atoms with E-state index in [1.54, 1.807) is 12.6 Å². The van der Waals surface area contributed by atoms with Crippen LogP contribution in [-0.4, -0.2) is 24.4 Å². The Balaban J connectivity index is 2.27. The van der Waals surface area contributed by atoms with E-state index in [1.807, 2.05) is 0 Å². The van der Waals surface area contributed by atoms with Crippen LogP contribution in [0.5, 0.6) is 0 Å². The molecule has 1 aliphatic heterocycles. The van der Waals surface area contributed by atoms with Crippen LogP contribution < -0.4 is 0 Å². The summed E-state index contributed by atoms with van der Waals surface area (Å²) in [5.74, 6) is 0.301. The molecule has 0 amide bonds. The van der Waals surface area contributed by atoms with Crippen molar-refractivity contribution < 1.29 is 4.79 Å². The Bertz CT molecular complexity index is 220. The van der Waals surface area contributed by atoms with E-state index in [4.69, 9.17) is 0 Å². The third-order valence-corrected chi connectivity index (χ3v) is 2.04. The number of ketones is 1. The fraction of sp³-hybridized carbons (Fsp3) is 0.571. The highest BCUT2D eigenvalue weighted by molar-refractivity contribution is 6.00. The number of hydrogen-bond acceptors (Lipinski definition) is 3. The molecule has 1 saturated carbocycles. The summed E-state index contributed by atoms with van der Waals surface area (Å²) in [5, 5.41) is 0. The van der Waals surface area contributed by atoms with Crippen LogP contribution in [0.4, 0.5) is 0 Å². The van der Waals surface area contributed by atoms with Crippen molar-refractivity contribution in [3.05, 3.63) is 0 Å². The number of carbonyl (C=O) groups is 1. The molecule has 0 bridgehead atoms. The smallest absolute Gasteiger partial charge is 0.143 e. The number of Topliss-reactive ketones (excluding diaryl/α,β-unsaturated/α-hetero) is 1. The Morgan fingerprint density at radius 3 is 3.30 bits per heavy atom. The molecule has 2 atom stereocenters. The van der Waals surface area contributed by atoms with Gasteiger partial charge >= 0.3 is 0 Å². The van der Waals surface area contributed by atoms with Crippen LogP contribution in [0.3, 0.4) is 0 Å². The van der Waals surface area contributed by atoms with E-state index in [0.29, 0.717) is 12.2 Å². The highest BCUT2D eigenvalue weighted by Gasteiger charge is 2.33. The zero-order valence-corrected chi connectivity index (χ0v) is 5.53. The lowest BCUT2D eigenvalue weighted by atomic mass is 10.0. The summed E-state index contributed by atoms with van der Waals surface area (Å²) >= 11 is 0. The quantitative estimate of drug-likeness (QED) is 0.476. The average molecular weight is 136 g/mol. The minimum Gasteiger partial charge on any atom is -0.299 e. The third-order valence-electron chi connectivity index (χ3n) is 2.04. The first-order valence-corrected chi connectivity index (χ1v) is 3.45. The van der Waals surface area contributed by atoms with Crippen molar-refractivity contribution in [3.63, 3.8) is 0 Å². The molecular formula is C7H8N2O. The van der Waals surface area contributed by atoms with E-state index in [9.17, 15) is 4.79 Å². The maximum Gasteiger partial charge on any atom is 0.143 e. The zero-order chi connectivity index (χ0) is 6.97. The molecular weight excluding hydrogens is 128 g/mol. The molecule has 10 heavy (non-hydrogen) atoms. The van der Waals surface area contributed by atoms with Gasteiger partial charge in [0.2, 0.25) is 0 Å². The molecule has 0 spiro atoms. The molecule has 3 nitrogen and oxygen atoms in total. The second-order valence-electron chi connectivity index (χ2n) is 2.66. The summed E-state index contributed by atoms with van der Waals surface area (Å²) in [6.45, 7) is 0. The van der Waals surface area contributed by atoms with Gasteiger partial charge < -0.3 is 0 Å². The van der Waals surface area contributed by atoms with Crippen LogP contribution in [0, 0.1) is 5.92 Å². The first-order valence-electron chi connectivity index (χ1n) is 3.45. The van der Waals surface area contributed by atoms with Gasteiger partial charge in [-0.1, -0.05) is 0 Å². The van der Waals surface area contributed by atoms with Crippen molar-refractivity contribution in [2.45, 2.75) is 18.9 Å². The van der Waals surface area contributed by atoms with E-state index in [2.05, 4.69) is 9.98 Å². The molecule has 2 aliphatic rings. The number of nitrogens with zero attached hydrogens (tertiary/aromatic N) is 2. The van der Waals surface area contributed by atoms with Crippen molar-refractivity contribution >= 4 is 18.3 Å². The van der Waals surface area contributed by atoms with E-state index in [0.717, 1.165) is 6.42 Å². The van der Waals surface area contributed by atoms with Crippen LogP contribution >= 0.6 is 0 Å². The fourth-order valence-corrected chi connectivity index (χ4v) is 1.46. The van der Waals surface area contributed by atoms with Crippen LogP contribution in [0.2, 0.25) is 0 Å². The molecule has 2 rings (SSSR count). The normalized spacial score (nSPS) is 36.6. The van der Waals surface area contributed by atoms with Gasteiger partial charge in [-0.05, 0) is 6.42 Å². The summed E-state index contributed by atoms with van der Waals surface area (Å²) in [7, 11) is 0. The predicted molar refractivity (Wildman–Crippen MR) is 38.5 cm³/mol. The summed E-state index contributed by atoms with van der Waals surface area (Å²) in [6.07, 6.45) is 4.84. The monoisotopic (exact) mass is 136 g/mol. The highest BCUT2D eigenvalue weighted by atomic mass is 16.1. The molecule has 0 N–H and O–H groups in total. The van der Waals surface area contributed by atoms with Crippen molar-refractivity contribution in [1.29, 1.82) is 0 Å². The highest BCUT2D eigenvalue weighted by Crippen LogP contribution is 2.24. The molecule has 52 valence electrons. The number of fused-ring (bicyclic) bond motifs is 1. The van der Waals surface area contributed by atoms with Crippen molar-refractivity contribution in [2.24, 2.45) is 15.9 Å². The van der Waals surface area contributed by atoms with Gasteiger partial charge in [0, 0.05) is 12.6 Å². The maximum absolute atomic E-state index is 11.0. The first-order chi connectivity index (χ1) is 4.88. The molecule has 0 aromatic rings. The van der Waals surface area contributed by atoms with Gasteiger partial charge in [-0.2, -0.15) is 0 Å². The predicted octanol–water partition coefficient (Wildman–Crippen LogP) is 0.447. The summed E-state index contributed by atoms with van der Waals surface area (Å²) in [6, 6.07) is 0.213. The Morgan fingerprint density at radius 2 is 2.50 bits per heavy atom. The van der Waals surface area contributed by atoms with Crippen LogP contribution in [0.25, 0.3) is 0 Å². The lowest BCUT2D eigenvalue weighted by Crippen LogP contribution is -2.21. The average Bonchev–Trinajstić information content (AvgIpc) is 2.34. The van der Waals surface area contributed by atoms with Gasteiger partial charge in [0.25, 0.3) is 0 Å². The summed E-state index contributed by atoms with van der Waals surface area (Å²) < 4.78 is 0. The Morgan fingerprint density at radius 1 is 1.60 bits per heavy atom. The molecule has 0 aromatic heterocycles. The van der Waals surface area contributed by atoms with Gasteiger partial charge in [0.05, 0.1) is 12.0 Å². The maximum atomic E-state index is 11.0. The van der Waals surface area contributed by atoms with Crippen molar-refractivity contribution in [1.82, 2.24) is 0 Å². The van der Waals surface area contributed by atoms with Gasteiger partial charge in [0.15, 0.2) is 0 Å². The second kappa shape index (κ2) is 2.01. The number of rotatable bonds is 0. The lowest BCUT2D eigenvalue weighted by Gasteiger charge is -2.10. The van der Waals surface area contributed by atoms with E-state index in [-0.39, 0.29) is 12.0 Å². The first kappa shape index (κ1) is 5.77. The SMILES string of the molecule is O=C1CCC2N=CN=CC12. The molecule has 0 aromatic carbocycles. The van der Waals surface area contributed by atoms with Gasteiger partial charge in [0.1, 0.15) is 12.1 Å². The molecule has 1 fully saturated rings. The van der Waals surface area contributed by atoms with Crippen LogP contribution in [0.15, 0.2) is 9.98 Å². The van der Waals surface area contributed by atoms with E-state index >= 15 is 0 Å². The molecule has 2 unspecified atom stereocenters. The van der Waals surface area contributed by atoms with Crippen LogP contribution in [-0.2, 0) is 4.79 Å². The number of hydrogen-bond donors (Lipinski definition) is 0. The molecule has 0 radical (unpaired) electrons. The standard InChI is InChI=1S/C7H8N2O/c10-7-2-1-6-5(7)3-8-4-9-6/h3-6H,1-2H2. The minimum absolute atomic E-state index is 0.00463. The van der Waals surface area contributed by atoms with E-state index in [1.165, 1.54) is 0 Å². The Hall–Kier alpha value is -0.990. The van der Waals surface area contributed by atoms with Gasteiger partial charge in [-0.15, -0.1) is 0 Å². The largest absolute Gasteiger partial charge is 0.299 e. The van der Waals surface area contributed by atoms with Gasteiger partial charge in [-0.3, -0.25) is 9.79 Å². The van der Waals surface area contributed by atoms with Gasteiger partial charge in [-0.25, -0.2) is 4.99 Å². The third kappa shape index (κ3) is 0.701. The van der Waals surface area contributed by atoms with Crippen LogP contribution in [0.1, 0.15) is 12.8 Å². The fourth-order valence-electron chi connectivity index (χ4n) is 1.46. The molecule has 1 aliphatic carbocycles. The Kier molecular flexibility index (Phi) is 1.16. The Labute approximate surface area is 58.9 Å². The lowest BCUT2D eigenvalue weighted by molar-refractivity contribution is -0.119. The minimum atomic E-state index is 0.00463. The summed E-state index contributed by atoms with van der Waals surface area (Å²) in [4.78, 5) is 19.0. The molecule has 3 heteroatoms. The van der Waals surface area contributed by atoms with E-state index < -0.39 is 0 Å². The second-order valence-corrected chi connectivity index (χ2v) is 2.66. The number of aliphatic imine (C=N–C) groups is 2. The van der Waals surface area contributed by atoms with Crippen molar-refractivity contribution in [3.8, 4) is 0 Å². The molecule has 0 saturated heterocycles. The number of carbonyl (C=O) groups excluding carboxylic acids is 1. The summed E-state index contributed by atoms with van der Waals surface area (Å²) in [5.41, 5.74) is 0. The van der Waals surface area contributed by atoms with Crippen molar-refractivity contribution in [2.75, 3.05) is 0 Å².